The van der Waals surface area contributed by atoms with Gasteiger partial charge in [0.15, 0.2) is 5.69 Å². The number of H-pyrrole nitrogens is 1. The number of hydrogen-bond acceptors (Lipinski definition) is 2. The van der Waals surface area contributed by atoms with Crippen molar-refractivity contribution in [3.05, 3.63) is 52.2 Å². The molecule has 1 aromatic heterocycles. The zero-order valence-corrected chi connectivity index (χ0v) is 7.98. The molecule has 0 saturated carbocycles. The minimum Gasteiger partial charge on any atom is -0.477 e. The van der Waals surface area contributed by atoms with Crippen molar-refractivity contribution in [1.29, 1.82) is 0 Å². The van der Waals surface area contributed by atoms with Crippen LogP contribution in [-0.4, -0.2) is 20.9 Å². The summed E-state index contributed by atoms with van der Waals surface area (Å²) in [7, 11) is 0. The lowest BCUT2D eigenvalue weighted by Crippen LogP contribution is -2.08. The summed E-state index contributed by atoms with van der Waals surface area (Å²) < 4.78 is 13.8. The third kappa shape index (κ3) is 1.72. The molecule has 2 aromatic rings. The molecule has 0 aliphatic heterocycles. The van der Waals surface area contributed by atoms with Crippen molar-refractivity contribution in [2.45, 2.75) is 0 Å². The second-order valence-corrected chi connectivity index (χ2v) is 3.12. The van der Waals surface area contributed by atoms with E-state index in [2.05, 4.69) is 5.10 Å². The van der Waals surface area contributed by atoms with Crippen molar-refractivity contribution in [1.82, 2.24) is 9.78 Å². The molecule has 0 amide bonds. The van der Waals surface area contributed by atoms with E-state index in [-0.39, 0.29) is 5.69 Å². The molecular formula is C10H7FN2O3. The van der Waals surface area contributed by atoms with Crippen LogP contribution in [-0.2, 0) is 0 Å². The van der Waals surface area contributed by atoms with Crippen LogP contribution in [0.25, 0.3) is 5.69 Å². The number of hydrogen-bond donors (Lipinski definition) is 2. The molecule has 2 rings (SSSR count). The topological polar surface area (TPSA) is 75.1 Å². The Morgan fingerprint density at radius 3 is 2.50 bits per heavy atom. The smallest absolute Gasteiger partial charge is 0.354 e. The first-order valence-corrected chi connectivity index (χ1v) is 4.39. The van der Waals surface area contributed by atoms with E-state index >= 15 is 0 Å². The van der Waals surface area contributed by atoms with Gasteiger partial charge in [-0.1, -0.05) is 0 Å². The maximum Gasteiger partial charge on any atom is 0.354 e. The number of carbonyl (C=O) groups is 1. The Morgan fingerprint density at radius 1 is 1.31 bits per heavy atom. The molecular weight excluding hydrogens is 215 g/mol. The molecule has 0 bridgehead atoms. The summed E-state index contributed by atoms with van der Waals surface area (Å²) in [5.41, 5.74) is -0.348. The van der Waals surface area contributed by atoms with Gasteiger partial charge < -0.3 is 5.11 Å². The van der Waals surface area contributed by atoms with Gasteiger partial charge in [-0.05, 0) is 24.3 Å². The highest BCUT2D eigenvalue weighted by Crippen LogP contribution is 2.09. The molecule has 2 N–H and O–H groups in total. The van der Waals surface area contributed by atoms with E-state index in [1.165, 1.54) is 24.3 Å². The van der Waals surface area contributed by atoms with Crippen molar-refractivity contribution in [3.63, 3.8) is 0 Å². The number of carboxylic acid groups (broad SMARTS) is 1. The SMILES string of the molecule is O=C(O)c1cc(=O)[nH]n1-c1ccc(F)cc1. The van der Waals surface area contributed by atoms with E-state index in [0.29, 0.717) is 5.69 Å². The molecule has 5 nitrogen and oxygen atoms in total. The van der Waals surface area contributed by atoms with Gasteiger partial charge >= 0.3 is 5.97 Å². The fraction of sp³-hybridized carbons (Fsp3) is 0. The predicted octanol–water partition coefficient (Wildman–Crippen LogP) is 1.00. The van der Waals surface area contributed by atoms with Crippen LogP contribution < -0.4 is 5.56 Å². The first-order valence-electron chi connectivity index (χ1n) is 4.39. The van der Waals surface area contributed by atoms with E-state index in [0.717, 1.165) is 10.7 Å². The monoisotopic (exact) mass is 222 g/mol. The van der Waals surface area contributed by atoms with Gasteiger partial charge in [0.1, 0.15) is 5.82 Å². The number of carboxylic acids is 1. The van der Waals surface area contributed by atoms with E-state index in [1.54, 1.807) is 0 Å². The Bertz CT molecular complexity index is 583. The molecule has 0 radical (unpaired) electrons. The molecule has 1 heterocycles. The standard InChI is InChI=1S/C10H7FN2O3/c11-6-1-3-7(4-2-6)13-8(10(15)16)5-9(14)12-13/h1-5H,(H,12,14)(H,15,16). The number of benzene rings is 1. The van der Waals surface area contributed by atoms with Gasteiger partial charge in [-0.3, -0.25) is 9.89 Å². The van der Waals surface area contributed by atoms with E-state index in [4.69, 9.17) is 5.11 Å². The maximum absolute atomic E-state index is 12.7. The Kier molecular flexibility index (Phi) is 2.32. The van der Waals surface area contributed by atoms with Crippen LogP contribution in [0.5, 0.6) is 0 Å². The van der Waals surface area contributed by atoms with Gasteiger partial charge in [0, 0.05) is 6.07 Å². The summed E-state index contributed by atoms with van der Waals surface area (Å²) in [5.74, 6) is -1.67. The number of rotatable bonds is 2. The number of halogens is 1. The quantitative estimate of drug-likeness (QED) is 0.796. The van der Waals surface area contributed by atoms with Crippen LogP contribution in [0.15, 0.2) is 35.1 Å². The lowest BCUT2D eigenvalue weighted by Gasteiger charge is -2.04. The van der Waals surface area contributed by atoms with Crippen LogP contribution in [0.2, 0.25) is 0 Å². The van der Waals surface area contributed by atoms with Gasteiger partial charge in [-0.15, -0.1) is 0 Å². The summed E-state index contributed by atoms with van der Waals surface area (Å²) >= 11 is 0. The third-order valence-corrected chi connectivity index (χ3v) is 2.03. The second kappa shape index (κ2) is 3.65. The van der Waals surface area contributed by atoms with Gasteiger partial charge in [0.2, 0.25) is 0 Å². The van der Waals surface area contributed by atoms with Crippen molar-refractivity contribution in [2.24, 2.45) is 0 Å². The second-order valence-electron chi connectivity index (χ2n) is 3.12. The summed E-state index contributed by atoms with van der Waals surface area (Å²) in [5, 5.41) is 11.2. The van der Waals surface area contributed by atoms with E-state index < -0.39 is 17.3 Å². The minimum absolute atomic E-state index is 0.198. The lowest BCUT2D eigenvalue weighted by atomic mass is 10.3. The van der Waals surface area contributed by atoms with Gasteiger partial charge in [-0.2, -0.15) is 0 Å². The molecule has 6 heteroatoms. The summed E-state index contributed by atoms with van der Waals surface area (Å²) in [4.78, 5) is 21.9. The first kappa shape index (κ1) is 10.2. The molecule has 0 unspecified atom stereocenters. The molecule has 16 heavy (non-hydrogen) atoms. The number of aromatic amines is 1. The summed E-state index contributed by atoms with van der Waals surface area (Å²) in [6, 6.07) is 6.07. The highest BCUT2D eigenvalue weighted by Gasteiger charge is 2.12. The van der Waals surface area contributed by atoms with Crippen molar-refractivity contribution >= 4 is 5.97 Å². The number of aromatic nitrogens is 2. The van der Waals surface area contributed by atoms with Crippen molar-refractivity contribution < 1.29 is 14.3 Å². The zero-order valence-electron chi connectivity index (χ0n) is 7.98. The van der Waals surface area contributed by atoms with Crippen LogP contribution in [0, 0.1) is 5.82 Å². The Balaban J connectivity index is 2.59. The highest BCUT2D eigenvalue weighted by molar-refractivity contribution is 5.86. The third-order valence-electron chi connectivity index (χ3n) is 2.03. The molecule has 0 aliphatic rings. The van der Waals surface area contributed by atoms with Gasteiger partial charge in [0.05, 0.1) is 5.69 Å². The average Bonchev–Trinajstić information content (AvgIpc) is 2.61. The summed E-state index contributed by atoms with van der Waals surface area (Å²) in [6.45, 7) is 0. The molecule has 1 aromatic carbocycles. The Labute approximate surface area is 88.7 Å². The number of aromatic carboxylic acids is 1. The van der Waals surface area contributed by atoms with Gasteiger partial charge in [0.25, 0.3) is 5.56 Å². The molecule has 82 valence electrons. The zero-order chi connectivity index (χ0) is 11.7. The summed E-state index contributed by atoms with van der Waals surface area (Å²) in [6.07, 6.45) is 0. The molecule has 0 atom stereocenters. The first-order chi connectivity index (χ1) is 7.58. The maximum atomic E-state index is 12.7. The van der Waals surface area contributed by atoms with Crippen LogP contribution in [0.4, 0.5) is 4.39 Å². The lowest BCUT2D eigenvalue weighted by molar-refractivity contribution is 0.0687. The predicted molar refractivity (Wildman–Crippen MR) is 53.3 cm³/mol. The molecule has 0 aliphatic carbocycles. The largest absolute Gasteiger partial charge is 0.477 e. The highest BCUT2D eigenvalue weighted by atomic mass is 19.1. The van der Waals surface area contributed by atoms with E-state index in [9.17, 15) is 14.0 Å². The number of nitrogens with one attached hydrogen (secondary N) is 1. The molecule has 0 spiro atoms. The van der Waals surface area contributed by atoms with Crippen LogP contribution in [0.3, 0.4) is 0 Å². The van der Waals surface area contributed by atoms with Crippen molar-refractivity contribution in [2.75, 3.05) is 0 Å². The van der Waals surface area contributed by atoms with Gasteiger partial charge in [-0.25, -0.2) is 13.9 Å². The van der Waals surface area contributed by atoms with E-state index in [1.807, 2.05) is 0 Å². The molecule has 0 fully saturated rings. The normalized spacial score (nSPS) is 10.3. The fourth-order valence-corrected chi connectivity index (χ4v) is 1.34. The fourth-order valence-electron chi connectivity index (χ4n) is 1.34. The number of nitrogens with zero attached hydrogens (tertiary/aromatic N) is 1. The molecule has 0 saturated heterocycles. The van der Waals surface area contributed by atoms with Crippen LogP contribution in [0.1, 0.15) is 10.5 Å². The van der Waals surface area contributed by atoms with Crippen LogP contribution >= 0.6 is 0 Å². The van der Waals surface area contributed by atoms with Crippen molar-refractivity contribution in [3.8, 4) is 5.69 Å². The average molecular weight is 222 g/mol. The Morgan fingerprint density at radius 2 is 1.94 bits per heavy atom. The Hall–Kier alpha value is -2.37. The minimum atomic E-state index is -1.23.